The van der Waals surface area contributed by atoms with E-state index in [-0.39, 0.29) is 0 Å². The van der Waals surface area contributed by atoms with E-state index in [9.17, 15) is 0 Å². The zero-order valence-corrected chi connectivity index (χ0v) is 12.0. The number of hydrogen-bond donors (Lipinski definition) is 1. The average Bonchev–Trinajstić information content (AvgIpc) is 2.39. The van der Waals surface area contributed by atoms with Gasteiger partial charge in [0, 0.05) is 12.2 Å². The molecule has 18 heavy (non-hydrogen) atoms. The zero-order valence-electron chi connectivity index (χ0n) is 12.0. The number of pyridine rings is 1. The summed E-state index contributed by atoms with van der Waals surface area (Å²) >= 11 is 0. The van der Waals surface area contributed by atoms with Gasteiger partial charge in [-0.3, -0.25) is 4.98 Å². The van der Waals surface area contributed by atoms with Crippen LogP contribution in [0.3, 0.4) is 0 Å². The van der Waals surface area contributed by atoms with Gasteiger partial charge in [0.25, 0.3) is 0 Å². The molecule has 0 fully saturated rings. The van der Waals surface area contributed by atoms with Gasteiger partial charge in [0.15, 0.2) is 0 Å². The van der Waals surface area contributed by atoms with Gasteiger partial charge in [-0.25, -0.2) is 0 Å². The maximum Gasteiger partial charge on any atom is 0.0526 e. The molecule has 0 saturated carbocycles. The minimum Gasteiger partial charge on any atom is -0.384 e. The van der Waals surface area contributed by atoms with Crippen molar-refractivity contribution in [1.82, 2.24) is 4.98 Å². The highest BCUT2D eigenvalue weighted by Crippen LogP contribution is 2.09. The molecule has 0 bridgehead atoms. The smallest absolute Gasteiger partial charge is 0.0526 e. The lowest BCUT2D eigenvalue weighted by Crippen LogP contribution is -2.01. The highest BCUT2D eigenvalue weighted by molar-refractivity contribution is 5.40. The topological polar surface area (TPSA) is 24.9 Å². The predicted molar refractivity (Wildman–Crippen MR) is 80.1 cm³/mol. The van der Waals surface area contributed by atoms with Gasteiger partial charge in [-0.05, 0) is 25.5 Å². The molecule has 0 atom stereocenters. The van der Waals surface area contributed by atoms with Crippen LogP contribution in [0.15, 0.2) is 18.3 Å². The molecule has 0 aliphatic heterocycles. The van der Waals surface area contributed by atoms with E-state index in [2.05, 4.69) is 29.4 Å². The van der Waals surface area contributed by atoms with E-state index in [1.165, 1.54) is 51.4 Å². The third-order valence-corrected chi connectivity index (χ3v) is 3.27. The molecule has 0 radical (unpaired) electrons. The van der Waals surface area contributed by atoms with E-state index in [1.807, 2.05) is 13.1 Å². The molecule has 1 aromatic rings. The van der Waals surface area contributed by atoms with E-state index >= 15 is 0 Å². The van der Waals surface area contributed by atoms with Crippen LogP contribution in [0.2, 0.25) is 0 Å². The lowest BCUT2D eigenvalue weighted by atomic mass is 10.1. The molecule has 0 amide bonds. The molecule has 1 heterocycles. The molecule has 1 rings (SSSR count). The standard InChI is InChI=1S/C16H28N2/c1-3-4-5-6-7-8-9-10-13-17-16-12-11-15(2)18-14-16/h11-12,14,17H,3-10,13H2,1-2H3. The van der Waals surface area contributed by atoms with Crippen molar-refractivity contribution >= 4 is 5.69 Å². The van der Waals surface area contributed by atoms with Crippen molar-refractivity contribution in [2.75, 3.05) is 11.9 Å². The maximum atomic E-state index is 4.27. The van der Waals surface area contributed by atoms with Crippen molar-refractivity contribution < 1.29 is 0 Å². The Bertz CT molecular complexity index is 292. The van der Waals surface area contributed by atoms with Crippen LogP contribution in [0, 0.1) is 6.92 Å². The van der Waals surface area contributed by atoms with Crippen LogP contribution < -0.4 is 5.32 Å². The summed E-state index contributed by atoms with van der Waals surface area (Å²) in [5.41, 5.74) is 2.22. The Hall–Kier alpha value is -1.05. The molecule has 0 saturated heterocycles. The number of nitrogens with one attached hydrogen (secondary N) is 1. The molecule has 0 aliphatic rings. The third-order valence-electron chi connectivity index (χ3n) is 3.27. The van der Waals surface area contributed by atoms with Crippen molar-refractivity contribution in [2.45, 2.75) is 65.2 Å². The maximum absolute atomic E-state index is 4.27. The summed E-state index contributed by atoms with van der Waals surface area (Å²) in [6.07, 6.45) is 12.9. The van der Waals surface area contributed by atoms with Gasteiger partial charge in [-0.2, -0.15) is 0 Å². The molecule has 0 spiro atoms. The Morgan fingerprint density at radius 1 is 0.944 bits per heavy atom. The summed E-state index contributed by atoms with van der Waals surface area (Å²) < 4.78 is 0. The Balaban J connectivity index is 1.91. The second kappa shape index (κ2) is 9.93. The lowest BCUT2D eigenvalue weighted by molar-refractivity contribution is 0.581. The zero-order chi connectivity index (χ0) is 13.1. The number of aryl methyl sites for hydroxylation is 1. The van der Waals surface area contributed by atoms with Crippen LogP contribution in [0.25, 0.3) is 0 Å². The van der Waals surface area contributed by atoms with Crippen LogP contribution in [-0.4, -0.2) is 11.5 Å². The van der Waals surface area contributed by atoms with Crippen LogP contribution >= 0.6 is 0 Å². The molecule has 2 heteroatoms. The van der Waals surface area contributed by atoms with E-state index in [0.717, 1.165) is 17.9 Å². The molecule has 0 aliphatic carbocycles. The number of rotatable bonds is 10. The average molecular weight is 248 g/mol. The fraction of sp³-hybridized carbons (Fsp3) is 0.688. The van der Waals surface area contributed by atoms with Gasteiger partial charge >= 0.3 is 0 Å². The molecule has 0 aromatic carbocycles. The monoisotopic (exact) mass is 248 g/mol. The quantitative estimate of drug-likeness (QED) is 0.593. The lowest BCUT2D eigenvalue weighted by Gasteiger charge is -2.06. The predicted octanol–water partition coefficient (Wildman–Crippen LogP) is 4.94. The highest BCUT2D eigenvalue weighted by Gasteiger charge is 1.93. The van der Waals surface area contributed by atoms with Crippen molar-refractivity contribution in [3.05, 3.63) is 24.0 Å². The first-order valence-electron chi connectivity index (χ1n) is 7.49. The SMILES string of the molecule is CCCCCCCCCCNc1ccc(C)nc1. The summed E-state index contributed by atoms with van der Waals surface area (Å²) in [6, 6.07) is 4.16. The summed E-state index contributed by atoms with van der Waals surface area (Å²) in [5, 5.41) is 3.42. The normalized spacial score (nSPS) is 10.6. The Morgan fingerprint density at radius 2 is 1.61 bits per heavy atom. The van der Waals surface area contributed by atoms with E-state index in [0.29, 0.717) is 0 Å². The van der Waals surface area contributed by atoms with Gasteiger partial charge in [0.1, 0.15) is 0 Å². The van der Waals surface area contributed by atoms with E-state index in [4.69, 9.17) is 0 Å². The number of anilines is 1. The minimum atomic E-state index is 1.07. The number of unbranched alkanes of at least 4 members (excludes halogenated alkanes) is 7. The first kappa shape index (κ1) is 15.0. The summed E-state index contributed by atoms with van der Waals surface area (Å²) in [7, 11) is 0. The first-order valence-corrected chi connectivity index (χ1v) is 7.49. The van der Waals surface area contributed by atoms with Gasteiger partial charge in [-0.1, -0.05) is 51.9 Å². The molecule has 0 unspecified atom stereocenters. The van der Waals surface area contributed by atoms with Crippen molar-refractivity contribution in [2.24, 2.45) is 0 Å². The van der Waals surface area contributed by atoms with Gasteiger partial charge in [0.05, 0.1) is 11.9 Å². The second-order valence-electron chi connectivity index (χ2n) is 5.09. The van der Waals surface area contributed by atoms with Crippen LogP contribution in [0.1, 0.15) is 64.0 Å². The summed E-state index contributed by atoms with van der Waals surface area (Å²) in [5.74, 6) is 0. The Kier molecular flexibility index (Phi) is 8.28. The van der Waals surface area contributed by atoms with Crippen molar-refractivity contribution in [1.29, 1.82) is 0 Å². The fourth-order valence-corrected chi connectivity index (χ4v) is 2.06. The van der Waals surface area contributed by atoms with Crippen molar-refractivity contribution in [3.8, 4) is 0 Å². The van der Waals surface area contributed by atoms with E-state index in [1.54, 1.807) is 0 Å². The molecule has 2 nitrogen and oxygen atoms in total. The minimum absolute atomic E-state index is 1.07. The molecular formula is C16H28N2. The van der Waals surface area contributed by atoms with E-state index < -0.39 is 0 Å². The van der Waals surface area contributed by atoms with Crippen molar-refractivity contribution in [3.63, 3.8) is 0 Å². The second-order valence-corrected chi connectivity index (χ2v) is 5.09. The van der Waals surface area contributed by atoms with Crippen LogP contribution in [-0.2, 0) is 0 Å². The third kappa shape index (κ3) is 7.31. The number of hydrogen-bond acceptors (Lipinski definition) is 2. The molecular weight excluding hydrogens is 220 g/mol. The molecule has 102 valence electrons. The largest absolute Gasteiger partial charge is 0.384 e. The van der Waals surface area contributed by atoms with Gasteiger partial charge in [0.2, 0.25) is 0 Å². The van der Waals surface area contributed by atoms with Crippen LogP contribution in [0.4, 0.5) is 5.69 Å². The Labute approximate surface area is 112 Å². The number of nitrogens with zero attached hydrogens (tertiary/aromatic N) is 1. The Morgan fingerprint density at radius 3 is 2.22 bits per heavy atom. The van der Waals surface area contributed by atoms with Crippen LogP contribution in [0.5, 0.6) is 0 Å². The fourth-order valence-electron chi connectivity index (χ4n) is 2.06. The number of aromatic nitrogens is 1. The molecule has 1 N–H and O–H groups in total. The first-order chi connectivity index (χ1) is 8.83. The summed E-state index contributed by atoms with van der Waals surface area (Å²) in [4.78, 5) is 4.27. The van der Waals surface area contributed by atoms with Gasteiger partial charge in [-0.15, -0.1) is 0 Å². The van der Waals surface area contributed by atoms with Gasteiger partial charge < -0.3 is 5.32 Å². The summed E-state index contributed by atoms with van der Waals surface area (Å²) in [6.45, 7) is 5.35. The highest BCUT2D eigenvalue weighted by atomic mass is 14.9. The molecule has 1 aromatic heterocycles.